The molecule has 0 unspecified atom stereocenters. The molecule has 4 nitrogen and oxygen atoms in total. The van der Waals surface area contributed by atoms with Gasteiger partial charge in [0.15, 0.2) is 0 Å². The van der Waals surface area contributed by atoms with Crippen molar-refractivity contribution in [1.29, 1.82) is 0 Å². The van der Waals surface area contributed by atoms with Crippen molar-refractivity contribution in [1.82, 2.24) is 9.55 Å². The second-order valence-corrected chi connectivity index (χ2v) is 6.55. The molecule has 0 radical (unpaired) electrons. The largest absolute Gasteiger partial charge is 0.516 e. The fraction of sp³-hybridized carbons (Fsp3) is 0.786. The van der Waals surface area contributed by atoms with Crippen molar-refractivity contribution in [3.05, 3.63) is 12.0 Å². The van der Waals surface area contributed by atoms with Gasteiger partial charge in [-0.2, -0.15) is 0 Å². The lowest BCUT2D eigenvalue weighted by Gasteiger charge is -2.32. The molecule has 2 rings (SSSR count). The second-order valence-electron chi connectivity index (χ2n) is 6.55. The van der Waals surface area contributed by atoms with Crippen LogP contribution in [-0.4, -0.2) is 27.9 Å². The van der Waals surface area contributed by atoms with Gasteiger partial charge in [-0.1, -0.05) is 13.8 Å². The number of aromatic nitrogens is 2. The zero-order chi connectivity index (χ0) is 14.4. The van der Waals surface area contributed by atoms with Gasteiger partial charge in [0.1, 0.15) is 5.82 Å². The molecule has 0 amide bonds. The van der Waals surface area contributed by atoms with Crippen LogP contribution in [0.5, 0.6) is 0 Å². The summed E-state index contributed by atoms with van der Waals surface area (Å²) in [4.78, 5) is 4.71. The Kier molecular flexibility index (Phi) is 3.56. The molecule has 0 bridgehead atoms. The van der Waals surface area contributed by atoms with Crippen molar-refractivity contribution < 1.29 is 9.31 Å². The monoisotopic (exact) mass is 264 g/mol. The Morgan fingerprint density at radius 2 is 1.74 bits per heavy atom. The van der Waals surface area contributed by atoms with Gasteiger partial charge in [-0.05, 0) is 34.6 Å². The number of aryl methyl sites for hydroxylation is 1. The van der Waals surface area contributed by atoms with Crippen molar-refractivity contribution in [3.8, 4) is 0 Å². The molecule has 0 saturated carbocycles. The number of hydrogen-bond acceptors (Lipinski definition) is 3. The van der Waals surface area contributed by atoms with Crippen LogP contribution in [0.15, 0.2) is 6.20 Å². The number of imidazole rings is 1. The SMILES string of the molecule is CCn1cc(B2OC(C)(C)C(C)(C)O2)nc1C(C)C. The van der Waals surface area contributed by atoms with Crippen LogP contribution in [0.25, 0.3) is 0 Å². The topological polar surface area (TPSA) is 36.3 Å². The van der Waals surface area contributed by atoms with E-state index < -0.39 is 0 Å². The van der Waals surface area contributed by atoms with E-state index in [1.807, 2.05) is 0 Å². The molecule has 0 aromatic carbocycles. The zero-order valence-corrected chi connectivity index (χ0v) is 13.2. The van der Waals surface area contributed by atoms with Crippen LogP contribution >= 0.6 is 0 Å². The summed E-state index contributed by atoms with van der Waals surface area (Å²) in [6.45, 7) is 15.6. The highest BCUT2D eigenvalue weighted by Gasteiger charge is 2.52. The first-order valence-electron chi connectivity index (χ1n) is 7.10. The van der Waals surface area contributed by atoms with Crippen molar-refractivity contribution >= 4 is 12.7 Å². The first-order chi connectivity index (χ1) is 8.68. The molecular weight excluding hydrogens is 239 g/mol. The van der Waals surface area contributed by atoms with Gasteiger partial charge in [0, 0.05) is 18.7 Å². The molecule has 1 aliphatic heterocycles. The van der Waals surface area contributed by atoms with Crippen LogP contribution in [0.4, 0.5) is 0 Å². The maximum atomic E-state index is 6.04. The number of hydrogen-bond donors (Lipinski definition) is 0. The van der Waals surface area contributed by atoms with Crippen LogP contribution in [0.3, 0.4) is 0 Å². The molecule has 1 aromatic heterocycles. The molecule has 1 aliphatic rings. The van der Waals surface area contributed by atoms with Crippen molar-refractivity contribution in [2.24, 2.45) is 0 Å². The first kappa shape index (κ1) is 14.6. The molecule has 1 saturated heterocycles. The van der Waals surface area contributed by atoms with Crippen LogP contribution < -0.4 is 5.59 Å². The summed E-state index contributed by atoms with van der Waals surface area (Å²) in [5.41, 5.74) is 0.251. The van der Waals surface area contributed by atoms with E-state index in [1.165, 1.54) is 0 Å². The minimum Gasteiger partial charge on any atom is -0.398 e. The van der Waals surface area contributed by atoms with E-state index in [-0.39, 0.29) is 18.3 Å². The van der Waals surface area contributed by atoms with E-state index in [0.29, 0.717) is 5.92 Å². The lowest BCUT2D eigenvalue weighted by molar-refractivity contribution is 0.00578. The molecule has 1 aromatic rings. The fourth-order valence-corrected chi connectivity index (χ4v) is 2.24. The van der Waals surface area contributed by atoms with E-state index in [1.54, 1.807) is 0 Å². The molecule has 2 heterocycles. The third-order valence-electron chi connectivity index (χ3n) is 4.18. The minimum atomic E-state index is -0.365. The summed E-state index contributed by atoms with van der Waals surface area (Å²) in [6, 6.07) is 0. The Morgan fingerprint density at radius 1 is 1.21 bits per heavy atom. The third-order valence-corrected chi connectivity index (χ3v) is 4.18. The van der Waals surface area contributed by atoms with Gasteiger partial charge in [-0.25, -0.2) is 4.98 Å². The average Bonchev–Trinajstić information content (AvgIpc) is 2.78. The van der Waals surface area contributed by atoms with Crippen LogP contribution in [0.1, 0.15) is 60.2 Å². The highest BCUT2D eigenvalue weighted by Crippen LogP contribution is 2.36. The highest BCUT2D eigenvalue weighted by molar-refractivity contribution is 6.61. The Morgan fingerprint density at radius 3 is 2.11 bits per heavy atom. The zero-order valence-electron chi connectivity index (χ0n) is 13.2. The van der Waals surface area contributed by atoms with E-state index in [9.17, 15) is 0 Å². The van der Waals surface area contributed by atoms with E-state index >= 15 is 0 Å². The molecule has 0 spiro atoms. The van der Waals surface area contributed by atoms with Gasteiger partial charge in [0.25, 0.3) is 0 Å². The molecule has 19 heavy (non-hydrogen) atoms. The van der Waals surface area contributed by atoms with Gasteiger partial charge in [-0.15, -0.1) is 0 Å². The highest BCUT2D eigenvalue weighted by atomic mass is 16.7. The van der Waals surface area contributed by atoms with Gasteiger partial charge in [0.2, 0.25) is 0 Å². The maximum absolute atomic E-state index is 6.04. The molecule has 5 heteroatoms. The molecular formula is C14H25BN2O2. The van der Waals surface area contributed by atoms with Gasteiger partial charge in [-0.3, -0.25) is 0 Å². The van der Waals surface area contributed by atoms with Crippen molar-refractivity contribution in [2.75, 3.05) is 0 Å². The van der Waals surface area contributed by atoms with E-state index in [4.69, 9.17) is 14.3 Å². The Balaban J connectivity index is 2.30. The van der Waals surface area contributed by atoms with Crippen molar-refractivity contribution in [3.63, 3.8) is 0 Å². The lowest BCUT2D eigenvalue weighted by atomic mass is 9.86. The van der Waals surface area contributed by atoms with Crippen LogP contribution in [0.2, 0.25) is 0 Å². The predicted molar refractivity (Wildman–Crippen MR) is 77.7 cm³/mol. The van der Waals surface area contributed by atoms with Crippen molar-refractivity contribution in [2.45, 2.75) is 72.1 Å². The van der Waals surface area contributed by atoms with Gasteiger partial charge < -0.3 is 13.9 Å². The first-order valence-corrected chi connectivity index (χ1v) is 7.10. The molecule has 0 atom stereocenters. The quantitative estimate of drug-likeness (QED) is 0.786. The maximum Gasteiger partial charge on any atom is 0.516 e. The lowest BCUT2D eigenvalue weighted by Crippen LogP contribution is -2.41. The number of rotatable bonds is 3. The normalized spacial score (nSPS) is 21.4. The van der Waals surface area contributed by atoms with Gasteiger partial charge in [0.05, 0.1) is 16.8 Å². The number of nitrogens with zero attached hydrogens (tertiary/aromatic N) is 2. The van der Waals surface area contributed by atoms with Gasteiger partial charge >= 0.3 is 7.12 Å². The standard InChI is InChI=1S/C14H25BN2O2/c1-8-17-9-11(16-12(17)10(2)3)15-18-13(4,5)14(6,7)19-15/h9-10H,8H2,1-7H3. The summed E-state index contributed by atoms with van der Waals surface area (Å²) >= 11 is 0. The summed E-state index contributed by atoms with van der Waals surface area (Å²) in [7, 11) is -0.365. The minimum absolute atomic E-state index is 0.314. The van der Waals surface area contributed by atoms with Crippen LogP contribution in [0, 0.1) is 0 Å². The third kappa shape index (κ3) is 2.46. The molecule has 0 aliphatic carbocycles. The van der Waals surface area contributed by atoms with Crippen LogP contribution in [-0.2, 0) is 15.9 Å². The summed E-state index contributed by atoms with van der Waals surface area (Å²) < 4.78 is 14.3. The Labute approximate surface area is 116 Å². The average molecular weight is 264 g/mol. The predicted octanol–water partition coefficient (Wildman–Crippen LogP) is 2.33. The van der Waals surface area contributed by atoms with E-state index in [2.05, 4.69) is 59.2 Å². The molecule has 1 fully saturated rings. The Bertz CT molecular complexity index is 450. The summed E-state index contributed by atoms with van der Waals surface area (Å²) in [5, 5.41) is 0. The van der Waals surface area contributed by atoms with E-state index in [0.717, 1.165) is 18.0 Å². The summed E-state index contributed by atoms with van der Waals surface area (Å²) in [5.74, 6) is 1.49. The second kappa shape index (κ2) is 4.63. The molecule has 106 valence electrons. The smallest absolute Gasteiger partial charge is 0.398 e. The fourth-order valence-electron chi connectivity index (χ4n) is 2.24. The Hall–Kier alpha value is -0.805. The molecule has 0 N–H and O–H groups in total. The summed E-state index contributed by atoms with van der Waals surface area (Å²) in [6.07, 6.45) is 2.05.